The number of nitrogens with two attached hydrogens (primary N) is 1. The van der Waals surface area contributed by atoms with E-state index in [-0.39, 0.29) is 11.3 Å². The van der Waals surface area contributed by atoms with Gasteiger partial charge in [-0.1, -0.05) is 41.5 Å². The molecule has 1 saturated heterocycles. The second-order valence-corrected chi connectivity index (χ2v) is 9.02. The first kappa shape index (κ1) is 14.8. The van der Waals surface area contributed by atoms with E-state index < -0.39 is 6.04 Å². The van der Waals surface area contributed by atoms with E-state index in [1.165, 1.54) is 6.42 Å². The Morgan fingerprint density at radius 1 is 1.26 bits per heavy atom. The molecule has 3 heteroatoms. The molecule has 3 atom stereocenters. The number of hydrogen-bond acceptors (Lipinski definition) is 2. The summed E-state index contributed by atoms with van der Waals surface area (Å²) in [5.41, 5.74) is 6.65. The first-order valence-electron chi connectivity index (χ1n) is 7.50. The van der Waals surface area contributed by atoms with Gasteiger partial charge in [0, 0.05) is 12.6 Å². The van der Waals surface area contributed by atoms with Gasteiger partial charge in [0.25, 0.3) is 0 Å². The third-order valence-corrected chi connectivity index (χ3v) is 4.90. The molecule has 0 aromatic heterocycles. The zero-order chi connectivity index (χ0) is 14.6. The Kier molecular flexibility index (Phi) is 3.29. The molecule has 2 fully saturated rings. The molecule has 2 rings (SSSR count). The first-order valence-corrected chi connectivity index (χ1v) is 7.50. The molecule has 1 saturated carbocycles. The van der Waals surface area contributed by atoms with Gasteiger partial charge < -0.3 is 10.6 Å². The Bertz CT molecular complexity index is 383. The zero-order valence-electron chi connectivity index (χ0n) is 13.4. The summed E-state index contributed by atoms with van der Waals surface area (Å²) in [6.45, 7) is 14.0. The van der Waals surface area contributed by atoms with Crippen LogP contribution in [0, 0.1) is 16.2 Å². The van der Waals surface area contributed by atoms with Crippen molar-refractivity contribution in [3.05, 3.63) is 0 Å². The molecule has 0 radical (unpaired) electrons. The van der Waals surface area contributed by atoms with Crippen LogP contribution in [0.1, 0.15) is 60.8 Å². The van der Waals surface area contributed by atoms with Crippen molar-refractivity contribution in [1.29, 1.82) is 0 Å². The summed E-state index contributed by atoms with van der Waals surface area (Å²) in [6.07, 6.45) is 3.48. The van der Waals surface area contributed by atoms with Gasteiger partial charge in [0.15, 0.2) is 0 Å². The smallest absolute Gasteiger partial charge is 0.240 e. The Hall–Kier alpha value is -0.570. The zero-order valence-corrected chi connectivity index (χ0v) is 13.4. The largest absolute Gasteiger partial charge is 0.338 e. The molecule has 1 aliphatic carbocycles. The van der Waals surface area contributed by atoms with E-state index >= 15 is 0 Å². The Morgan fingerprint density at radius 3 is 2.37 bits per heavy atom. The minimum absolute atomic E-state index is 0.152. The number of rotatable bonds is 1. The van der Waals surface area contributed by atoms with Crippen LogP contribution in [0.25, 0.3) is 0 Å². The predicted octanol–water partition coefficient (Wildman–Crippen LogP) is 2.79. The van der Waals surface area contributed by atoms with Gasteiger partial charge in [-0.2, -0.15) is 0 Å². The number of carbonyl (C=O) groups excluding carboxylic acids is 1. The fourth-order valence-electron chi connectivity index (χ4n) is 4.27. The van der Waals surface area contributed by atoms with Crippen LogP contribution in [0.4, 0.5) is 0 Å². The molecule has 2 bridgehead atoms. The molecule has 2 unspecified atom stereocenters. The lowest BCUT2D eigenvalue weighted by molar-refractivity contribution is -0.136. The van der Waals surface area contributed by atoms with Crippen LogP contribution in [0.15, 0.2) is 0 Å². The van der Waals surface area contributed by atoms with E-state index in [1.54, 1.807) is 0 Å². The van der Waals surface area contributed by atoms with Crippen LogP contribution in [0.5, 0.6) is 0 Å². The molecule has 0 aromatic carbocycles. The standard InChI is InChI=1S/C16H30N2O/c1-14(2,3)12(17)13(19)18-10-16(6)8-11(18)7-15(4,5)9-16/h11-12H,7-10,17H2,1-6H3/t11?,12-,16?/m0/s1. The number of amides is 1. The third kappa shape index (κ3) is 2.81. The van der Waals surface area contributed by atoms with Crippen molar-refractivity contribution < 1.29 is 4.79 Å². The van der Waals surface area contributed by atoms with Gasteiger partial charge in [-0.05, 0) is 35.5 Å². The molecule has 0 aromatic rings. The van der Waals surface area contributed by atoms with Gasteiger partial charge in [0.05, 0.1) is 6.04 Å². The van der Waals surface area contributed by atoms with E-state index in [1.807, 2.05) is 20.8 Å². The molecule has 1 amide bonds. The van der Waals surface area contributed by atoms with Gasteiger partial charge in [-0.15, -0.1) is 0 Å². The van der Waals surface area contributed by atoms with Gasteiger partial charge in [0.1, 0.15) is 0 Å². The van der Waals surface area contributed by atoms with E-state index in [0.717, 1.165) is 19.4 Å². The predicted molar refractivity (Wildman–Crippen MR) is 78.7 cm³/mol. The van der Waals surface area contributed by atoms with Crippen LogP contribution in [0.3, 0.4) is 0 Å². The highest BCUT2D eigenvalue weighted by Crippen LogP contribution is 2.52. The lowest BCUT2D eigenvalue weighted by atomic mass is 9.65. The third-order valence-electron chi connectivity index (χ3n) is 4.90. The number of nitrogens with zero attached hydrogens (tertiary/aromatic N) is 1. The summed E-state index contributed by atoms with van der Waals surface area (Å²) in [4.78, 5) is 14.8. The number of carbonyl (C=O) groups is 1. The van der Waals surface area contributed by atoms with Crippen molar-refractivity contribution in [2.24, 2.45) is 22.0 Å². The minimum Gasteiger partial charge on any atom is -0.338 e. The maximum absolute atomic E-state index is 12.7. The molecule has 3 nitrogen and oxygen atoms in total. The van der Waals surface area contributed by atoms with E-state index in [0.29, 0.717) is 16.9 Å². The van der Waals surface area contributed by atoms with Gasteiger partial charge >= 0.3 is 0 Å². The van der Waals surface area contributed by atoms with E-state index in [2.05, 4.69) is 25.7 Å². The van der Waals surface area contributed by atoms with Crippen molar-refractivity contribution in [2.45, 2.75) is 72.9 Å². The Morgan fingerprint density at radius 2 is 1.84 bits per heavy atom. The lowest BCUT2D eigenvalue weighted by Gasteiger charge is -2.39. The van der Waals surface area contributed by atoms with Crippen LogP contribution in [-0.2, 0) is 4.79 Å². The monoisotopic (exact) mass is 266 g/mol. The van der Waals surface area contributed by atoms with Crippen LogP contribution in [0.2, 0.25) is 0 Å². The highest BCUT2D eigenvalue weighted by molar-refractivity contribution is 5.83. The molecule has 2 N–H and O–H groups in total. The van der Waals surface area contributed by atoms with Crippen molar-refractivity contribution in [3.63, 3.8) is 0 Å². The average molecular weight is 266 g/mol. The van der Waals surface area contributed by atoms with Crippen molar-refractivity contribution >= 4 is 5.91 Å². The summed E-state index contributed by atoms with van der Waals surface area (Å²) < 4.78 is 0. The highest BCUT2D eigenvalue weighted by Gasteiger charge is 2.52. The van der Waals surface area contributed by atoms with E-state index in [9.17, 15) is 4.79 Å². The highest BCUT2D eigenvalue weighted by atomic mass is 16.2. The van der Waals surface area contributed by atoms with E-state index in [4.69, 9.17) is 5.73 Å². The fraction of sp³-hybridized carbons (Fsp3) is 0.938. The maximum Gasteiger partial charge on any atom is 0.240 e. The molecule has 110 valence electrons. The summed E-state index contributed by atoms with van der Waals surface area (Å²) in [5.74, 6) is 0.152. The number of hydrogen-bond donors (Lipinski definition) is 1. The molecule has 19 heavy (non-hydrogen) atoms. The van der Waals surface area contributed by atoms with Crippen LogP contribution < -0.4 is 5.73 Å². The fourth-order valence-corrected chi connectivity index (χ4v) is 4.27. The maximum atomic E-state index is 12.7. The quantitative estimate of drug-likeness (QED) is 0.793. The summed E-state index contributed by atoms with van der Waals surface area (Å²) >= 11 is 0. The topological polar surface area (TPSA) is 46.3 Å². The van der Waals surface area contributed by atoms with Crippen LogP contribution >= 0.6 is 0 Å². The second kappa shape index (κ2) is 4.21. The minimum atomic E-state index is -0.390. The summed E-state index contributed by atoms with van der Waals surface area (Å²) in [6, 6.07) is 0.00760. The van der Waals surface area contributed by atoms with Gasteiger partial charge in [0.2, 0.25) is 5.91 Å². The Labute approximate surface area is 117 Å². The molecular formula is C16H30N2O. The first-order chi connectivity index (χ1) is 8.44. The average Bonchev–Trinajstić information content (AvgIpc) is 2.44. The van der Waals surface area contributed by atoms with Crippen molar-refractivity contribution in [3.8, 4) is 0 Å². The lowest BCUT2D eigenvalue weighted by Crippen LogP contribution is -2.52. The van der Waals surface area contributed by atoms with Gasteiger partial charge in [-0.25, -0.2) is 0 Å². The Balaban J connectivity index is 2.18. The van der Waals surface area contributed by atoms with Crippen LogP contribution in [-0.4, -0.2) is 29.4 Å². The molecule has 2 aliphatic rings. The SMILES string of the molecule is CC1(C)CC2CC(C)(CN2C(=O)[C@H](N)C(C)(C)C)C1. The molecule has 1 aliphatic heterocycles. The normalized spacial score (nSPS) is 35.3. The summed E-state index contributed by atoms with van der Waals surface area (Å²) in [5, 5.41) is 0. The molecule has 1 heterocycles. The van der Waals surface area contributed by atoms with Gasteiger partial charge in [-0.3, -0.25) is 4.79 Å². The number of likely N-dealkylation sites (tertiary alicyclic amines) is 1. The molecular weight excluding hydrogens is 236 g/mol. The number of fused-ring (bicyclic) bond motifs is 2. The van der Waals surface area contributed by atoms with Crippen molar-refractivity contribution in [1.82, 2.24) is 4.90 Å². The molecule has 0 spiro atoms. The van der Waals surface area contributed by atoms with Crippen molar-refractivity contribution in [2.75, 3.05) is 6.54 Å². The second-order valence-electron chi connectivity index (χ2n) is 9.02. The summed E-state index contributed by atoms with van der Waals surface area (Å²) in [7, 11) is 0.